The highest BCUT2D eigenvalue weighted by atomic mass is 16.5. The Labute approximate surface area is 111 Å². The Balaban J connectivity index is 2.77. The molecule has 102 valence electrons. The molecule has 0 spiro atoms. The van der Waals surface area contributed by atoms with Gasteiger partial charge in [-0.1, -0.05) is 38.5 Å². The lowest BCUT2D eigenvalue weighted by Crippen LogP contribution is -2.26. The number of rotatable bonds is 4. The zero-order valence-corrected chi connectivity index (χ0v) is 12.3. The molecule has 2 heteroatoms. The largest absolute Gasteiger partial charge is 0.458 e. The van der Waals surface area contributed by atoms with Crippen molar-refractivity contribution in [3.8, 4) is 0 Å². The first-order valence-corrected chi connectivity index (χ1v) is 6.89. The van der Waals surface area contributed by atoms with E-state index in [0.29, 0.717) is 11.3 Å². The maximum Gasteiger partial charge on any atom is 0.303 e. The number of hydrogen-bond acceptors (Lipinski definition) is 2. The van der Waals surface area contributed by atoms with Gasteiger partial charge in [-0.05, 0) is 37.7 Å². The minimum absolute atomic E-state index is 0.0898. The van der Waals surface area contributed by atoms with Gasteiger partial charge in [0.1, 0.15) is 6.10 Å². The molecule has 0 bridgehead atoms. The van der Waals surface area contributed by atoms with Gasteiger partial charge in [0.05, 0.1) is 0 Å². The lowest BCUT2D eigenvalue weighted by molar-refractivity contribution is -0.144. The van der Waals surface area contributed by atoms with E-state index in [1.807, 2.05) is 6.92 Å². The monoisotopic (exact) mass is 250 g/mol. The van der Waals surface area contributed by atoms with Crippen LogP contribution in [0.3, 0.4) is 0 Å². The van der Waals surface area contributed by atoms with Crippen LogP contribution in [0.25, 0.3) is 0 Å². The maximum absolute atomic E-state index is 11.0. The van der Waals surface area contributed by atoms with E-state index in [1.54, 1.807) is 0 Å². The molecule has 0 amide bonds. The fraction of sp³-hybridized carbons (Fsp3) is 0.688. The van der Waals surface area contributed by atoms with E-state index in [0.717, 1.165) is 6.42 Å². The third-order valence-electron chi connectivity index (χ3n) is 3.83. The average Bonchev–Trinajstić information content (AvgIpc) is 2.25. The normalized spacial score (nSPS) is 24.7. The van der Waals surface area contributed by atoms with Gasteiger partial charge >= 0.3 is 5.97 Å². The van der Waals surface area contributed by atoms with Crippen LogP contribution in [0.4, 0.5) is 0 Å². The van der Waals surface area contributed by atoms with Crippen molar-refractivity contribution in [1.29, 1.82) is 0 Å². The Bertz CT molecular complexity index is 350. The second kappa shape index (κ2) is 6.21. The molecule has 0 heterocycles. The fourth-order valence-electron chi connectivity index (χ4n) is 2.69. The third kappa shape index (κ3) is 4.01. The van der Waals surface area contributed by atoms with Crippen LogP contribution < -0.4 is 0 Å². The molecular formula is C16H26O2. The van der Waals surface area contributed by atoms with Crippen molar-refractivity contribution in [2.45, 2.75) is 60.0 Å². The van der Waals surface area contributed by atoms with Crippen molar-refractivity contribution >= 4 is 5.97 Å². The van der Waals surface area contributed by atoms with Crippen LogP contribution in [0.1, 0.15) is 53.9 Å². The predicted octanol–water partition coefficient (Wildman–Crippen LogP) is 4.27. The molecule has 1 rings (SSSR count). The Hall–Kier alpha value is -1.05. The maximum atomic E-state index is 11.0. The highest BCUT2D eigenvalue weighted by Crippen LogP contribution is 2.41. The summed E-state index contributed by atoms with van der Waals surface area (Å²) in [6.07, 6.45) is 9.72. The smallest absolute Gasteiger partial charge is 0.303 e. The minimum atomic E-state index is -0.207. The number of carbonyl (C=O) groups is 1. The van der Waals surface area contributed by atoms with E-state index in [4.69, 9.17) is 4.74 Å². The lowest BCUT2D eigenvalue weighted by Gasteiger charge is -2.36. The Morgan fingerprint density at radius 1 is 1.61 bits per heavy atom. The second-order valence-corrected chi connectivity index (χ2v) is 5.89. The fourth-order valence-corrected chi connectivity index (χ4v) is 2.69. The van der Waals surface area contributed by atoms with Gasteiger partial charge in [-0.3, -0.25) is 4.79 Å². The van der Waals surface area contributed by atoms with Crippen molar-refractivity contribution in [1.82, 2.24) is 0 Å². The Kier molecular flexibility index (Phi) is 5.18. The summed E-state index contributed by atoms with van der Waals surface area (Å²) in [6, 6.07) is 0. The summed E-state index contributed by atoms with van der Waals surface area (Å²) in [7, 11) is 0. The number of carbonyl (C=O) groups excluding carboxylic acids is 1. The number of hydrogen-bond donors (Lipinski definition) is 0. The molecule has 0 radical (unpaired) electrons. The van der Waals surface area contributed by atoms with Crippen molar-refractivity contribution in [3.05, 3.63) is 23.8 Å². The van der Waals surface area contributed by atoms with Crippen LogP contribution in [0.2, 0.25) is 0 Å². The summed E-state index contributed by atoms with van der Waals surface area (Å²) < 4.78 is 5.25. The number of esters is 1. The highest BCUT2D eigenvalue weighted by molar-refractivity contribution is 5.66. The highest BCUT2D eigenvalue weighted by Gasteiger charge is 2.30. The third-order valence-corrected chi connectivity index (χ3v) is 3.83. The van der Waals surface area contributed by atoms with Crippen LogP contribution >= 0.6 is 0 Å². The van der Waals surface area contributed by atoms with E-state index in [-0.39, 0.29) is 12.1 Å². The molecule has 0 aromatic carbocycles. The van der Waals surface area contributed by atoms with Crippen molar-refractivity contribution < 1.29 is 9.53 Å². The summed E-state index contributed by atoms with van der Waals surface area (Å²) in [4.78, 5) is 11.0. The van der Waals surface area contributed by atoms with E-state index in [1.165, 1.54) is 25.3 Å². The van der Waals surface area contributed by atoms with Crippen LogP contribution in [0.5, 0.6) is 0 Å². The van der Waals surface area contributed by atoms with Crippen molar-refractivity contribution in [2.75, 3.05) is 0 Å². The minimum Gasteiger partial charge on any atom is -0.458 e. The first-order chi connectivity index (χ1) is 8.36. The zero-order chi connectivity index (χ0) is 13.8. The number of allylic oxidation sites excluding steroid dienone is 3. The quantitative estimate of drug-likeness (QED) is 0.550. The Morgan fingerprint density at radius 2 is 2.28 bits per heavy atom. The summed E-state index contributed by atoms with van der Waals surface area (Å²) in [5, 5.41) is 0. The summed E-state index contributed by atoms with van der Waals surface area (Å²) in [5.74, 6) is 0.248. The molecule has 2 atom stereocenters. The van der Waals surface area contributed by atoms with Crippen molar-refractivity contribution in [2.24, 2.45) is 11.3 Å². The second-order valence-electron chi connectivity index (χ2n) is 5.89. The average molecular weight is 250 g/mol. The predicted molar refractivity (Wildman–Crippen MR) is 75.2 cm³/mol. The van der Waals surface area contributed by atoms with E-state index >= 15 is 0 Å². The topological polar surface area (TPSA) is 26.3 Å². The summed E-state index contributed by atoms with van der Waals surface area (Å²) >= 11 is 0. The molecule has 1 aliphatic rings. The standard InChI is InChI=1S/C16H26O2/c1-6-14(18-13(3)17)9-10-15-12(2)8-7-11-16(15,4)5/h8-10,14-15H,6-7,11H2,1-5H3/b10-9+/t14-,15-/m0/s1. The SMILES string of the molecule is CC[C@@H](/C=C/[C@H]1C(C)=CCCC1(C)C)OC(C)=O. The lowest BCUT2D eigenvalue weighted by atomic mass is 9.68. The molecule has 0 N–H and O–H groups in total. The molecule has 0 aromatic heterocycles. The molecule has 0 saturated carbocycles. The van der Waals surface area contributed by atoms with Gasteiger partial charge in [0.25, 0.3) is 0 Å². The Morgan fingerprint density at radius 3 is 2.78 bits per heavy atom. The summed E-state index contributed by atoms with van der Waals surface area (Å²) in [6.45, 7) is 10.3. The molecule has 0 saturated heterocycles. The first kappa shape index (κ1) is 15.0. The molecule has 0 aliphatic heterocycles. The molecule has 1 aliphatic carbocycles. The molecular weight excluding hydrogens is 224 g/mol. The van der Waals surface area contributed by atoms with Crippen LogP contribution in [0, 0.1) is 11.3 Å². The van der Waals surface area contributed by atoms with E-state index < -0.39 is 0 Å². The number of ether oxygens (including phenoxy) is 1. The van der Waals surface area contributed by atoms with Gasteiger partial charge in [-0.25, -0.2) is 0 Å². The molecule has 0 aromatic rings. The van der Waals surface area contributed by atoms with Gasteiger partial charge in [0.2, 0.25) is 0 Å². The molecule has 0 unspecified atom stereocenters. The van der Waals surface area contributed by atoms with Gasteiger partial charge in [0, 0.05) is 12.8 Å². The first-order valence-electron chi connectivity index (χ1n) is 6.89. The van der Waals surface area contributed by atoms with Gasteiger partial charge in [-0.15, -0.1) is 0 Å². The molecule has 18 heavy (non-hydrogen) atoms. The van der Waals surface area contributed by atoms with Gasteiger partial charge in [0.15, 0.2) is 0 Å². The van der Waals surface area contributed by atoms with Crippen LogP contribution in [-0.4, -0.2) is 12.1 Å². The molecule has 0 fully saturated rings. The zero-order valence-electron chi connectivity index (χ0n) is 12.3. The van der Waals surface area contributed by atoms with Gasteiger partial charge < -0.3 is 4.74 Å². The molecule has 2 nitrogen and oxygen atoms in total. The summed E-state index contributed by atoms with van der Waals surface area (Å²) in [5.41, 5.74) is 1.73. The van der Waals surface area contributed by atoms with E-state index in [9.17, 15) is 4.79 Å². The van der Waals surface area contributed by atoms with Crippen LogP contribution in [-0.2, 0) is 9.53 Å². The van der Waals surface area contributed by atoms with E-state index in [2.05, 4.69) is 39.0 Å². The van der Waals surface area contributed by atoms with Crippen molar-refractivity contribution in [3.63, 3.8) is 0 Å². The van der Waals surface area contributed by atoms with Crippen LogP contribution in [0.15, 0.2) is 23.8 Å². The van der Waals surface area contributed by atoms with Gasteiger partial charge in [-0.2, -0.15) is 0 Å².